The number of hydrogen-bond donors (Lipinski definition) is 1. The lowest BCUT2D eigenvalue weighted by Gasteiger charge is -2.11. The molecule has 0 saturated carbocycles. The Morgan fingerprint density at radius 1 is 1.40 bits per heavy atom. The zero-order chi connectivity index (χ0) is 14.4. The Morgan fingerprint density at radius 3 is 2.90 bits per heavy atom. The van der Waals surface area contributed by atoms with E-state index in [4.69, 9.17) is 9.26 Å². The highest BCUT2D eigenvalue weighted by Gasteiger charge is 2.13. The molecule has 1 unspecified atom stereocenters. The van der Waals surface area contributed by atoms with Crippen molar-refractivity contribution in [3.05, 3.63) is 46.0 Å². The van der Waals surface area contributed by atoms with Gasteiger partial charge in [-0.1, -0.05) is 39.3 Å². The van der Waals surface area contributed by atoms with Crippen LogP contribution < -0.4 is 5.32 Å². The van der Waals surface area contributed by atoms with Gasteiger partial charge in [0.25, 0.3) is 0 Å². The lowest BCUT2D eigenvalue weighted by atomic mass is 10.1. The molecule has 0 saturated heterocycles. The van der Waals surface area contributed by atoms with Crippen molar-refractivity contribution < 1.29 is 9.26 Å². The Labute approximate surface area is 126 Å². The number of ether oxygens (including phenoxy) is 1. The van der Waals surface area contributed by atoms with E-state index in [9.17, 15) is 0 Å². The number of nitrogens with zero attached hydrogens (tertiary/aromatic N) is 2. The molecule has 1 aromatic carbocycles. The molecule has 0 amide bonds. The van der Waals surface area contributed by atoms with Crippen molar-refractivity contribution in [3.8, 4) is 0 Å². The molecule has 1 heterocycles. The molecular formula is C14H18BrN3O2. The van der Waals surface area contributed by atoms with E-state index < -0.39 is 0 Å². The molecule has 0 spiro atoms. The van der Waals surface area contributed by atoms with Gasteiger partial charge in [-0.15, -0.1) is 0 Å². The molecule has 6 heteroatoms. The van der Waals surface area contributed by atoms with Crippen LogP contribution in [0.2, 0.25) is 0 Å². The average molecular weight is 340 g/mol. The van der Waals surface area contributed by atoms with Gasteiger partial charge < -0.3 is 14.6 Å². The second kappa shape index (κ2) is 7.52. The predicted molar refractivity (Wildman–Crippen MR) is 79.7 cm³/mol. The number of halogens is 1. The SMILES string of the molecule is CNC(COC)Cc1nc(Cc2ccccc2Br)no1. The summed E-state index contributed by atoms with van der Waals surface area (Å²) in [6.07, 6.45) is 1.31. The number of hydrogen-bond acceptors (Lipinski definition) is 5. The van der Waals surface area contributed by atoms with Crippen LogP contribution in [0.15, 0.2) is 33.3 Å². The van der Waals surface area contributed by atoms with Crippen molar-refractivity contribution in [1.29, 1.82) is 0 Å². The molecule has 0 aliphatic rings. The summed E-state index contributed by atoms with van der Waals surface area (Å²) in [5, 5.41) is 7.18. The average Bonchev–Trinajstić information content (AvgIpc) is 2.88. The fourth-order valence-electron chi connectivity index (χ4n) is 1.91. The molecule has 5 nitrogen and oxygen atoms in total. The van der Waals surface area contributed by atoms with Gasteiger partial charge in [-0.2, -0.15) is 4.98 Å². The Balaban J connectivity index is 2.00. The van der Waals surface area contributed by atoms with E-state index in [0.717, 1.165) is 10.0 Å². The Bertz CT molecular complexity index is 545. The van der Waals surface area contributed by atoms with Gasteiger partial charge in [-0.25, -0.2) is 0 Å². The zero-order valence-corrected chi connectivity index (χ0v) is 13.2. The minimum atomic E-state index is 0.178. The van der Waals surface area contributed by atoms with Crippen molar-refractivity contribution >= 4 is 15.9 Å². The normalized spacial score (nSPS) is 12.6. The van der Waals surface area contributed by atoms with Crippen LogP contribution in [0.1, 0.15) is 17.3 Å². The van der Waals surface area contributed by atoms with Crippen molar-refractivity contribution in [2.75, 3.05) is 20.8 Å². The summed E-state index contributed by atoms with van der Waals surface area (Å²) in [4.78, 5) is 4.42. The van der Waals surface area contributed by atoms with Crippen LogP contribution >= 0.6 is 15.9 Å². The van der Waals surface area contributed by atoms with Gasteiger partial charge in [0.15, 0.2) is 5.82 Å². The molecule has 1 N–H and O–H groups in total. The van der Waals surface area contributed by atoms with Crippen LogP contribution in [0.5, 0.6) is 0 Å². The summed E-state index contributed by atoms with van der Waals surface area (Å²) in [7, 11) is 3.57. The first kappa shape index (κ1) is 15.2. The standard InChI is InChI=1S/C14H18BrN3O2/c1-16-11(9-19-2)8-14-17-13(18-20-14)7-10-5-3-4-6-12(10)15/h3-6,11,16H,7-9H2,1-2H3. The Hall–Kier alpha value is -1.24. The van der Waals surface area contributed by atoms with Gasteiger partial charge in [-0.05, 0) is 18.7 Å². The highest BCUT2D eigenvalue weighted by molar-refractivity contribution is 9.10. The monoisotopic (exact) mass is 339 g/mol. The minimum Gasteiger partial charge on any atom is -0.383 e. The second-order valence-corrected chi connectivity index (χ2v) is 5.37. The molecule has 2 rings (SSSR count). The minimum absolute atomic E-state index is 0.178. The Morgan fingerprint density at radius 2 is 2.20 bits per heavy atom. The van der Waals surface area contributed by atoms with Crippen molar-refractivity contribution in [1.82, 2.24) is 15.5 Å². The molecule has 0 aliphatic carbocycles. The van der Waals surface area contributed by atoms with E-state index in [1.807, 2.05) is 31.3 Å². The van der Waals surface area contributed by atoms with Gasteiger partial charge in [0.2, 0.25) is 5.89 Å². The first-order valence-electron chi connectivity index (χ1n) is 6.44. The second-order valence-electron chi connectivity index (χ2n) is 4.52. The van der Waals surface area contributed by atoms with Crippen molar-refractivity contribution in [2.24, 2.45) is 0 Å². The first-order valence-corrected chi connectivity index (χ1v) is 7.23. The summed E-state index contributed by atoms with van der Waals surface area (Å²) in [6.45, 7) is 0.610. The zero-order valence-electron chi connectivity index (χ0n) is 11.6. The highest BCUT2D eigenvalue weighted by atomic mass is 79.9. The van der Waals surface area contributed by atoms with Gasteiger partial charge in [-0.3, -0.25) is 0 Å². The number of benzene rings is 1. The third-order valence-corrected chi connectivity index (χ3v) is 3.79. The molecule has 20 heavy (non-hydrogen) atoms. The fourth-order valence-corrected chi connectivity index (χ4v) is 2.34. The molecule has 2 aromatic rings. The third-order valence-electron chi connectivity index (χ3n) is 3.01. The third kappa shape index (κ3) is 4.13. The first-order chi connectivity index (χ1) is 9.72. The Kier molecular flexibility index (Phi) is 5.70. The van der Waals surface area contributed by atoms with Crippen LogP contribution in [0.3, 0.4) is 0 Å². The quantitative estimate of drug-likeness (QED) is 0.837. The van der Waals surface area contributed by atoms with Gasteiger partial charge in [0, 0.05) is 30.5 Å². The number of aromatic nitrogens is 2. The fraction of sp³-hybridized carbons (Fsp3) is 0.429. The van der Waals surface area contributed by atoms with E-state index in [0.29, 0.717) is 31.2 Å². The molecule has 0 radical (unpaired) electrons. The van der Waals surface area contributed by atoms with Crippen LogP contribution in [0, 0.1) is 0 Å². The number of rotatable bonds is 7. The van der Waals surface area contributed by atoms with Gasteiger partial charge >= 0.3 is 0 Å². The lowest BCUT2D eigenvalue weighted by Crippen LogP contribution is -2.32. The smallest absolute Gasteiger partial charge is 0.228 e. The summed E-state index contributed by atoms with van der Waals surface area (Å²) >= 11 is 3.52. The van der Waals surface area contributed by atoms with Crippen LogP contribution in [0.4, 0.5) is 0 Å². The summed E-state index contributed by atoms with van der Waals surface area (Å²) in [6, 6.07) is 8.21. The number of methoxy groups -OCH3 is 1. The van der Waals surface area contributed by atoms with E-state index in [-0.39, 0.29) is 6.04 Å². The summed E-state index contributed by atoms with van der Waals surface area (Å²) < 4.78 is 11.5. The molecule has 0 fully saturated rings. The van der Waals surface area contributed by atoms with E-state index in [1.165, 1.54) is 0 Å². The maximum absolute atomic E-state index is 5.28. The molecule has 108 valence electrons. The largest absolute Gasteiger partial charge is 0.383 e. The van der Waals surface area contributed by atoms with Gasteiger partial charge in [0.1, 0.15) is 0 Å². The van der Waals surface area contributed by atoms with E-state index in [2.05, 4.69) is 31.4 Å². The molecular weight excluding hydrogens is 322 g/mol. The van der Waals surface area contributed by atoms with Crippen molar-refractivity contribution in [2.45, 2.75) is 18.9 Å². The topological polar surface area (TPSA) is 60.2 Å². The summed E-state index contributed by atoms with van der Waals surface area (Å²) in [5.41, 5.74) is 1.14. The van der Waals surface area contributed by atoms with E-state index >= 15 is 0 Å². The maximum atomic E-state index is 5.28. The van der Waals surface area contributed by atoms with Crippen LogP contribution in [-0.2, 0) is 17.6 Å². The number of nitrogens with one attached hydrogen (secondary N) is 1. The molecule has 1 atom stereocenters. The lowest BCUT2D eigenvalue weighted by molar-refractivity contribution is 0.165. The van der Waals surface area contributed by atoms with Crippen LogP contribution in [-0.4, -0.2) is 36.9 Å². The predicted octanol–water partition coefficient (Wildman–Crippen LogP) is 2.20. The van der Waals surface area contributed by atoms with Crippen LogP contribution in [0.25, 0.3) is 0 Å². The summed E-state index contributed by atoms with van der Waals surface area (Å²) in [5.74, 6) is 1.32. The highest BCUT2D eigenvalue weighted by Crippen LogP contribution is 2.18. The van der Waals surface area contributed by atoms with Crippen molar-refractivity contribution in [3.63, 3.8) is 0 Å². The molecule has 0 bridgehead atoms. The maximum Gasteiger partial charge on any atom is 0.228 e. The number of likely N-dealkylation sites (N-methyl/N-ethyl adjacent to an activating group) is 1. The molecule has 1 aromatic heterocycles. The van der Waals surface area contributed by atoms with Gasteiger partial charge in [0.05, 0.1) is 6.61 Å². The molecule has 0 aliphatic heterocycles. The van der Waals surface area contributed by atoms with E-state index in [1.54, 1.807) is 7.11 Å².